The van der Waals surface area contributed by atoms with E-state index < -0.39 is 0 Å². The Morgan fingerprint density at radius 3 is 2.50 bits per heavy atom. The molecule has 0 atom stereocenters. The first kappa shape index (κ1) is 11.4. The van der Waals surface area contributed by atoms with Gasteiger partial charge in [-0.1, -0.05) is 38.5 Å². The molecule has 0 amide bonds. The summed E-state index contributed by atoms with van der Waals surface area (Å²) in [6.45, 7) is 8.60. The molecule has 0 spiro atoms. The first-order valence-corrected chi connectivity index (χ1v) is 5.79. The van der Waals surface area contributed by atoms with Crippen molar-refractivity contribution in [1.29, 1.82) is 0 Å². The Bertz CT molecular complexity index is 313. The Balaban J connectivity index is 2.72. The molecule has 0 radical (unpaired) electrons. The van der Waals surface area contributed by atoms with Crippen molar-refractivity contribution >= 4 is 11.8 Å². The minimum absolute atomic E-state index is 0.246. The number of hydrogen-bond donors (Lipinski definition) is 1. The number of phenols is 1. The van der Waals surface area contributed by atoms with Crippen molar-refractivity contribution < 1.29 is 5.11 Å². The molecule has 1 aromatic carbocycles. The first-order chi connectivity index (χ1) is 6.38. The van der Waals surface area contributed by atoms with Gasteiger partial charge in [0.2, 0.25) is 0 Å². The van der Waals surface area contributed by atoms with Crippen LogP contribution in [0.3, 0.4) is 0 Å². The average molecular weight is 210 g/mol. The van der Waals surface area contributed by atoms with Crippen molar-refractivity contribution in [3.05, 3.63) is 29.3 Å². The van der Waals surface area contributed by atoms with E-state index in [4.69, 9.17) is 0 Å². The number of phenolic OH excluding ortho intramolecular Hbond substituents is 1. The van der Waals surface area contributed by atoms with E-state index in [0.717, 1.165) is 11.3 Å². The van der Waals surface area contributed by atoms with Gasteiger partial charge in [0.15, 0.2) is 0 Å². The van der Waals surface area contributed by atoms with E-state index in [1.54, 1.807) is 6.07 Å². The van der Waals surface area contributed by atoms with Gasteiger partial charge in [0.1, 0.15) is 5.75 Å². The predicted octanol–water partition coefficient (Wildman–Crippen LogP) is 3.73. The molecule has 0 aliphatic rings. The number of hydrogen-bond acceptors (Lipinski definition) is 2. The quantitative estimate of drug-likeness (QED) is 0.802. The molecule has 78 valence electrons. The van der Waals surface area contributed by atoms with Crippen molar-refractivity contribution in [3.8, 4) is 5.75 Å². The molecule has 14 heavy (non-hydrogen) atoms. The molecule has 0 aliphatic carbocycles. The Morgan fingerprint density at radius 2 is 1.93 bits per heavy atom. The third kappa shape index (κ3) is 3.62. The van der Waals surface area contributed by atoms with Crippen molar-refractivity contribution in [1.82, 2.24) is 0 Å². The molecule has 1 N–H and O–H groups in total. The van der Waals surface area contributed by atoms with Gasteiger partial charge < -0.3 is 5.11 Å². The summed E-state index contributed by atoms with van der Waals surface area (Å²) in [7, 11) is 0. The second-order valence-corrected chi connectivity index (χ2v) is 6.34. The van der Waals surface area contributed by atoms with Gasteiger partial charge in [-0.2, -0.15) is 11.8 Å². The molecule has 0 aromatic heterocycles. The van der Waals surface area contributed by atoms with Crippen LogP contribution >= 0.6 is 11.8 Å². The van der Waals surface area contributed by atoms with Crippen LogP contribution < -0.4 is 0 Å². The average Bonchev–Trinajstić information content (AvgIpc) is 2.05. The van der Waals surface area contributed by atoms with Crippen LogP contribution in [0.15, 0.2) is 18.2 Å². The van der Waals surface area contributed by atoms with E-state index in [9.17, 15) is 5.11 Å². The number of aryl methyl sites for hydroxylation is 1. The molecule has 0 aliphatic heterocycles. The maximum absolute atomic E-state index is 9.62. The fourth-order valence-electron chi connectivity index (χ4n) is 1.12. The zero-order valence-electron chi connectivity index (χ0n) is 9.29. The molecule has 1 aromatic rings. The van der Waals surface area contributed by atoms with Crippen molar-refractivity contribution in [3.63, 3.8) is 0 Å². The zero-order chi connectivity index (χ0) is 10.8. The fraction of sp³-hybridized carbons (Fsp3) is 0.500. The van der Waals surface area contributed by atoms with Gasteiger partial charge in [-0.3, -0.25) is 0 Å². The number of benzene rings is 1. The van der Waals surface area contributed by atoms with Gasteiger partial charge in [0.05, 0.1) is 0 Å². The van der Waals surface area contributed by atoms with Crippen molar-refractivity contribution in [2.24, 2.45) is 0 Å². The normalized spacial score (nSPS) is 11.7. The van der Waals surface area contributed by atoms with Crippen LogP contribution in [-0.2, 0) is 5.75 Å². The summed E-state index contributed by atoms with van der Waals surface area (Å²) in [5.74, 6) is 1.28. The number of thioether (sulfide) groups is 1. The smallest absolute Gasteiger partial charge is 0.119 e. The maximum atomic E-state index is 9.62. The second-order valence-electron chi connectivity index (χ2n) is 4.53. The summed E-state index contributed by atoms with van der Waals surface area (Å²) in [5, 5.41) is 9.62. The molecule has 0 heterocycles. The third-order valence-electron chi connectivity index (χ3n) is 1.90. The van der Waals surface area contributed by atoms with Gasteiger partial charge >= 0.3 is 0 Å². The standard InChI is InChI=1S/C12H18OS/c1-9-5-6-11(13)10(7-9)8-14-12(2,3)4/h5-7,13H,8H2,1-4H3. The molecule has 1 rings (SSSR count). The molecule has 2 heteroatoms. The monoisotopic (exact) mass is 210 g/mol. The highest BCUT2D eigenvalue weighted by atomic mass is 32.2. The van der Waals surface area contributed by atoms with Crippen LogP contribution in [0.2, 0.25) is 0 Å². The second kappa shape index (κ2) is 4.26. The maximum Gasteiger partial charge on any atom is 0.119 e. The predicted molar refractivity (Wildman–Crippen MR) is 63.9 cm³/mol. The van der Waals surface area contributed by atoms with Crippen LogP contribution in [-0.4, -0.2) is 9.85 Å². The lowest BCUT2D eigenvalue weighted by Crippen LogP contribution is -2.07. The zero-order valence-corrected chi connectivity index (χ0v) is 10.1. The number of aromatic hydroxyl groups is 1. The van der Waals surface area contributed by atoms with Crippen LogP contribution in [0.25, 0.3) is 0 Å². The minimum Gasteiger partial charge on any atom is -0.508 e. The van der Waals surface area contributed by atoms with E-state index >= 15 is 0 Å². The summed E-state index contributed by atoms with van der Waals surface area (Å²) in [5.41, 5.74) is 2.23. The van der Waals surface area contributed by atoms with Gasteiger partial charge in [-0.15, -0.1) is 0 Å². The van der Waals surface area contributed by atoms with Gasteiger partial charge in [0, 0.05) is 16.1 Å². The molecule has 0 bridgehead atoms. The summed E-state index contributed by atoms with van der Waals surface area (Å²) >= 11 is 1.85. The van der Waals surface area contributed by atoms with E-state index in [-0.39, 0.29) is 4.75 Å². The van der Waals surface area contributed by atoms with E-state index in [1.165, 1.54) is 5.56 Å². The molecule has 0 fully saturated rings. The van der Waals surface area contributed by atoms with E-state index in [2.05, 4.69) is 20.8 Å². The highest BCUT2D eigenvalue weighted by Crippen LogP contribution is 2.30. The van der Waals surface area contributed by atoms with E-state index in [0.29, 0.717) is 5.75 Å². The Morgan fingerprint density at radius 1 is 1.29 bits per heavy atom. The summed E-state index contributed by atoms with van der Waals surface area (Å²) in [6, 6.07) is 5.75. The Kier molecular flexibility index (Phi) is 3.48. The summed E-state index contributed by atoms with van der Waals surface area (Å²) in [6.07, 6.45) is 0. The highest BCUT2D eigenvalue weighted by Gasteiger charge is 2.12. The van der Waals surface area contributed by atoms with Crippen LogP contribution in [0.1, 0.15) is 31.9 Å². The first-order valence-electron chi connectivity index (χ1n) is 4.81. The van der Waals surface area contributed by atoms with Gasteiger partial charge in [-0.25, -0.2) is 0 Å². The molecule has 1 nitrogen and oxygen atoms in total. The Labute approximate surface area is 90.5 Å². The SMILES string of the molecule is Cc1ccc(O)c(CSC(C)(C)C)c1. The van der Waals surface area contributed by atoms with Crippen LogP contribution in [0.4, 0.5) is 0 Å². The molecule has 0 saturated heterocycles. The minimum atomic E-state index is 0.246. The van der Waals surface area contributed by atoms with Gasteiger partial charge in [-0.05, 0) is 13.0 Å². The fourth-order valence-corrected chi connectivity index (χ4v) is 1.94. The lowest BCUT2D eigenvalue weighted by Gasteiger charge is -2.18. The van der Waals surface area contributed by atoms with Crippen LogP contribution in [0.5, 0.6) is 5.75 Å². The molecule has 0 saturated carbocycles. The van der Waals surface area contributed by atoms with Crippen molar-refractivity contribution in [2.45, 2.75) is 38.2 Å². The largest absolute Gasteiger partial charge is 0.508 e. The molecular formula is C12H18OS. The lowest BCUT2D eigenvalue weighted by atomic mass is 10.1. The highest BCUT2D eigenvalue weighted by molar-refractivity contribution is 7.99. The third-order valence-corrected chi connectivity index (χ3v) is 3.22. The van der Waals surface area contributed by atoms with E-state index in [1.807, 2.05) is 30.8 Å². The number of rotatable bonds is 2. The van der Waals surface area contributed by atoms with Crippen molar-refractivity contribution in [2.75, 3.05) is 0 Å². The molecular weight excluding hydrogens is 192 g/mol. The van der Waals surface area contributed by atoms with Crippen LogP contribution in [0, 0.1) is 6.92 Å². The Hall–Kier alpha value is -0.630. The summed E-state index contributed by atoms with van der Waals surface area (Å²) in [4.78, 5) is 0. The topological polar surface area (TPSA) is 20.2 Å². The van der Waals surface area contributed by atoms with Gasteiger partial charge in [0.25, 0.3) is 0 Å². The summed E-state index contributed by atoms with van der Waals surface area (Å²) < 4.78 is 0.246. The lowest BCUT2D eigenvalue weighted by molar-refractivity contribution is 0.470. The molecule has 0 unspecified atom stereocenters.